The SMILES string of the molecule is O=C(O)CCS1=C2c3ccccc3CN2C(Cc2cnc[nH]2)=C(O)O1. The number of rotatable bonds is 5. The first-order chi connectivity index (χ1) is 12.1. The molecule has 0 radical (unpaired) electrons. The van der Waals surface area contributed by atoms with Gasteiger partial charge in [-0.25, -0.2) is 4.98 Å². The van der Waals surface area contributed by atoms with Gasteiger partial charge in [0, 0.05) is 46.9 Å². The number of nitrogens with zero attached hydrogens (tertiary/aromatic N) is 2. The average molecular weight is 359 g/mol. The molecule has 0 saturated heterocycles. The summed E-state index contributed by atoms with van der Waals surface area (Å²) in [5, 5.41) is 19.5. The third-order valence-electron chi connectivity index (χ3n) is 4.20. The fourth-order valence-electron chi connectivity index (χ4n) is 3.07. The molecule has 0 saturated carbocycles. The van der Waals surface area contributed by atoms with Crippen molar-refractivity contribution in [3.05, 3.63) is 65.3 Å². The zero-order valence-electron chi connectivity index (χ0n) is 13.3. The number of nitrogens with one attached hydrogen (secondary N) is 1. The largest absolute Gasteiger partial charge is 0.481 e. The molecule has 1 atom stereocenters. The van der Waals surface area contributed by atoms with Crippen molar-refractivity contribution >= 4 is 21.7 Å². The van der Waals surface area contributed by atoms with Gasteiger partial charge in [0.2, 0.25) is 0 Å². The van der Waals surface area contributed by atoms with Crippen LogP contribution in [0.25, 0.3) is 0 Å². The maximum Gasteiger partial charge on any atom is 0.309 e. The highest BCUT2D eigenvalue weighted by atomic mass is 32.2. The predicted octanol–water partition coefficient (Wildman–Crippen LogP) is 2.36. The average Bonchev–Trinajstić information content (AvgIpc) is 3.23. The molecule has 0 spiro atoms. The molecule has 0 fully saturated rings. The van der Waals surface area contributed by atoms with Crippen LogP contribution < -0.4 is 0 Å². The highest BCUT2D eigenvalue weighted by molar-refractivity contribution is 8.12. The van der Waals surface area contributed by atoms with Crippen LogP contribution in [0.2, 0.25) is 0 Å². The molecule has 0 bridgehead atoms. The summed E-state index contributed by atoms with van der Waals surface area (Å²) >= 11 is 0. The molecule has 2 aromatic rings. The summed E-state index contributed by atoms with van der Waals surface area (Å²) in [7, 11) is -0.803. The Morgan fingerprint density at radius 3 is 3.00 bits per heavy atom. The molecule has 4 rings (SSSR count). The maximum atomic E-state index is 11.0. The minimum Gasteiger partial charge on any atom is -0.481 e. The van der Waals surface area contributed by atoms with E-state index in [2.05, 4.69) is 14.9 Å². The number of carboxylic acids is 1. The summed E-state index contributed by atoms with van der Waals surface area (Å²) in [4.78, 5) is 21.0. The highest BCUT2D eigenvalue weighted by Gasteiger charge is 2.36. The molecule has 8 heteroatoms. The molecule has 1 unspecified atom stereocenters. The van der Waals surface area contributed by atoms with E-state index in [0.29, 0.717) is 24.4 Å². The number of aromatic nitrogens is 2. The highest BCUT2D eigenvalue weighted by Crippen LogP contribution is 2.40. The van der Waals surface area contributed by atoms with Crippen molar-refractivity contribution in [2.75, 3.05) is 5.75 Å². The lowest BCUT2D eigenvalue weighted by Crippen LogP contribution is -2.31. The number of H-pyrrole nitrogens is 1. The van der Waals surface area contributed by atoms with Crippen molar-refractivity contribution in [3.8, 4) is 0 Å². The van der Waals surface area contributed by atoms with Gasteiger partial charge in [-0.2, -0.15) is 0 Å². The lowest BCUT2D eigenvalue weighted by molar-refractivity contribution is -0.136. The van der Waals surface area contributed by atoms with E-state index in [4.69, 9.17) is 9.29 Å². The van der Waals surface area contributed by atoms with E-state index in [1.165, 1.54) is 0 Å². The van der Waals surface area contributed by atoms with E-state index >= 15 is 0 Å². The zero-order valence-corrected chi connectivity index (χ0v) is 14.1. The summed E-state index contributed by atoms with van der Waals surface area (Å²) in [6.45, 7) is 0.638. The minimum absolute atomic E-state index is 0.00816. The topological polar surface area (TPSA) is 98.7 Å². The molecule has 130 valence electrons. The minimum atomic E-state index is -0.874. The van der Waals surface area contributed by atoms with Crippen molar-refractivity contribution in [1.82, 2.24) is 14.9 Å². The summed E-state index contributed by atoms with van der Waals surface area (Å²) < 4.78 is 5.76. The number of carboxylic acid groups (broad SMARTS) is 1. The Kier molecular flexibility index (Phi) is 3.96. The smallest absolute Gasteiger partial charge is 0.309 e. The first kappa shape index (κ1) is 15.8. The van der Waals surface area contributed by atoms with E-state index in [1.54, 1.807) is 12.5 Å². The van der Waals surface area contributed by atoms with E-state index in [9.17, 15) is 9.90 Å². The number of benzene rings is 1. The number of allylic oxidation sites excluding steroid dienone is 1. The first-order valence-corrected chi connectivity index (χ1v) is 9.18. The number of aliphatic hydroxyl groups excluding tert-OH is 1. The fourth-order valence-corrected chi connectivity index (χ4v) is 4.93. The molecule has 3 N–H and O–H groups in total. The quantitative estimate of drug-likeness (QED) is 0.709. The molecule has 1 aromatic heterocycles. The first-order valence-electron chi connectivity index (χ1n) is 7.86. The Bertz CT molecular complexity index is 889. The summed E-state index contributed by atoms with van der Waals surface area (Å²) in [6, 6.07) is 8.00. The van der Waals surface area contributed by atoms with Crippen molar-refractivity contribution in [2.24, 2.45) is 0 Å². The Morgan fingerprint density at radius 1 is 1.40 bits per heavy atom. The van der Waals surface area contributed by atoms with Gasteiger partial charge in [0.1, 0.15) is 10.7 Å². The van der Waals surface area contributed by atoms with Gasteiger partial charge in [-0.1, -0.05) is 24.3 Å². The van der Waals surface area contributed by atoms with Crippen LogP contribution >= 0.6 is 10.8 Å². The second-order valence-electron chi connectivity index (χ2n) is 5.83. The van der Waals surface area contributed by atoms with Gasteiger partial charge < -0.3 is 24.3 Å². The molecule has 3 heterocycles. The summed E-state index contributed by atoms with van der Waals surface area (Å²) in [5.41, 5.74) is 3.74. The standard InChI is InChI=1S/C17H17N3O4S/c21-15(22)5-6-25-16-13-4-2-1-3-11(13)9-20(16)14(17(23)24-25)7-12-8-18-10-19-12/h1-4,8,10,23H,5-7,9H2,(H,18,19)(H,21,22). The van der Waals surface area contributed by atoms with Crippen molar-refractivity contribution < 1.29 is 19.2 Å². The van der Waals surface area contributed by atoms with E-state index in [1.807, 2.05) is 24.3 Å². The van der Waals surface area contributed by atoms with Crippen LogP contribution in [0.4, 0.5) is 0 Å². The van der Waals surface area contributed by atoms with Crippen LogP contribution in [0.15, 0.2) is 48.4 Å². The molecule has 0 amide bonds. The number of aromatic amines is 1. The van der Waals surface area contributed by atoms with Crippen LogP contribution in [-0.4, -0.2) is 41.8 Å². The Morgan fingerprint density at radius 2 is 2.24 bits per heavy atom. The third-order valence-corrected chi connectivity index (χ3v) is 6.01. The number of fused-ring (bicyclic) bond motifs is 3. The van der Waals surface area contributed by atoms with Gasteiger partial charge in [0.25, 0.3) is 0 Å². The van der Waals surface area contributed by atoms with E-state index < -0.39 is 16.7 Å². The lowest BCUT2D eigenvalue weighted by atomic mass is 10.1. The van der Waals surface area contributed by atoms with Gasteiger partial charge in [-0.3, -0.25) is 4.79 Å². The summed E-state index contributed by atoms with van der Waals surface area (Å²) in [6.07, 6.45) is 3.75. The number of aliphatic hydroxyl groups is 1. The van der Waals surface area contributed by atoms with E-state index in [-0.39, 0.29) is 12.4 Å². The van der Waals surface area contributed by atoms with E-state index in [0.717, 1.165) is 21.8 Å². The number of hydrogen-bond acceptors (Lipinski definition) is 5. The number of imidazole rings is 1. The normalized spacial score (nSPS) is 18.8. The Balaban J connectivity index is 1.74. The van der Waals surface area contributed by atoms with Gasteiger partial charge in [-0.15, -0.1) is 0 Å². The maximum absolute atomic E-state index is 11.0. The molecular formula is C17H17N3O4S. The van der Waals surface area contributed by atoms with Gasteiger partial charge in [0.15, 0.2) is 0 Å². The number of hydrogen-bond donors (Lipinski definition) is 3. The monoisotopic (exact) mass is 359 g/mol. The lowest BCUT2D eigenvalue weighted by Gasteiger charge is -2.30. The molecule has 2 aliphatic heterocycles. The number of aliphatic carboxylic acids is 1. The third kappa shape index (κ3) is 2.89. The van der Waals surface area contributed by atoms with Gasteiger partial charge >= 0.3 is 11.9 Å². The second kappa shape index (κ2) is 6.29. The van der Waals surface area contributed by atoms with Gasteiger partial charge in [-0.05, 0) is 5.56 Å². The van der Waals surface area contributed by atoms with Crippen LogP contribution in [-0.2, 0) is 21.9 Å². The second-order valence-corrected chi connectivity index (χ2v) is 7.48. The van der Waals surface area contributed by atoms with Crippen molar-refractivity contribution in [1.29, 1.82) is 0 Å². The molecular weight excluding hydrogens is 342 g/mol. The van der Waals surface area contributed by atoms with Gasteiger partial charge in [0.05, 0.1) is 12.7 Å². The molecule has 1 aromatic carbocycles. The van der Waals surface area contributed by atoms with Crippen LogP contribution in [0.1, 0.15) is 23.2 Å². The van der Waals surface area contributed by atoms with Crippen molar-refractivity contribution in [2.45, 2.75) is 19.4 Å². The molecule has 0 aliphatic carbocycles. The number of carbonyl (C=O) groups is 1. The molecule has 7 nitrogen and oxygen atoms in total. The fraction of sp³-hybridized carbons (Fsp3) is 0.235. The molecule has 2 aliphatic rings. The zero-order chi connectivity index (χ0) is 17.4. The van der Waals surface area contributed by atoms with Crippen LogP contribution in [0.5, 0.6) is 0 Å². The molecule has 25 heavy (non-hydrogen) atoms. The Labute approximate surface area is 146 Å². The Hall–Kier alpha value is -2.74. The van der Waals surface area contributed by atoms with Crippen LogP contribution in [0, 0.1) is 0 Å². The van der Waals surface area contributed by atoms with Crippen LogP contribution in [0.3, 0.4) is 0 Å². The summed E-state index contributed by atoms with van der Waals surface area (Å²) in [5.74, 6) is -0.683. The van der Waals surface area contributed by atoms with Crippen molar-refractivity contribution in [3.63, 3.8) is 0 Å². The predicted molar refractivity (Wildman–Crippen MR) is 93.8 cm³/mol.